The number of rotatable bonds is 3. The van der Waals surface area contributed by atoms with Crippen molar-refractivity contribution in [2.75, 3.05) is 6.54 Å². The van der Waals surface area contributed by atoms with E-state index in [1.54, 1.807) is 0 Å². The van der Waals surface area contributed by atoms with Gasteiger partial charge in [-0.3, -0.25) is 4.90 Å². The van der Waals surface area contributed by atoms with Crippen molar-refractivity contribution < 1.29 is 0 Å². The zero-order valence-electron chi connectivity index (χ0n) is 12.2. The minimum atomic E-state index is 0.835. The Labute approximate surface area is 113 Å². The van der Waals surface area contributed by atoms with E-state index in [1.807, 2.05) is 0 Å². The van der Waals surface area contributed by atoms with Crippen LogP contribution in [0.4, 0.5) is 0 Å². The molecule has 3 rings (SSSR count). The zero-order chi connectivity index (χ0) is 12.5. The van der Waals surface area contributed by atoms with Gasteiger partial charge >= 0.3 is 0 Å². The summed E-state index contributed by atoms with van der Waals surface area (Å²) in [6, 6.07) is 3.42. The van der Waals surface area contributed by atoms with Gasteiger partial charge in [-0.2, -0.15) is 0 Å². The molecule has 18 heavy (non-hydrogen) atoms. The Balaban J connectivity index is 1.67. The van der Waals surface area contributed by atoms with Crippen LogP contribution < -0.4 is 5.32 Å². The van der Waals surface area contributed by atoms with Crippen LogP contribution in [0.25, 0.3) is 0 Å². The zero-order valence-corrected chi connectivity index (χ0v) is 12.2. The quantitative estimate of drug-likeness (QED) is 0.827. The highest BCUT2D eigenvalue weighted by Crippen LogP contribution is 2.35. The van der Waals surface area contributed by atoms with Gasteiger partial charge in [0.05, 0.1) is 0 Å². The second-order valence-electron chi connectivity index (χ2n) is 6.92. The predicted molar refractivity (Wildman–Crippen MR) is 76.8 cm³/mol. The molecule has 1 aliphatic carbocycles. The normalized spacial score (nSPS) is 44.5. The molecule has 0 aromatic heterocycles. The van der Waals surface area contributed by atoms with Gasteiger partial charge in [-0.25, -0.2) is 0 Å². The van der Waals surface area contributed by atoms with Crippen molar-refractivity contribution in [1.82, 2.24) is 10.2 Å². The van der Waals surface area contributed by atoms with Crippen molar-refractivity contribution in [3.05, 3.63) is 0 Å². The number of nitrogens with zero attached hydrogens (tertiary/aromatic N) is 1. The molecule has 1 saturated carbocycles. The average molecular weight is 250 g/mol. The molecule has 104 valence electrons. The molecule has 2 heteroatoms. The van der Waals surface area contributed by atoms with Gasteiger partial charge in [0.15, 0.2) is 0 Å². The fourth-order valence-electron chi connectivity index (χ4n) is 4.85. The van der Waals surface area contributed by atoms with Crippen LogP contribution in [0.1, 0.15) is 65.2 Å². The molecule has 2 saturated heterocycles. The van der Waals surface area contributed by atoms with E-state index in [1.165, 1.54) is 57.9 Å². The Morgan fingerprint density at radius 1 is 1.00 bits per heavy atom. The summed E-state index contributed by atoms with van der Waals surface area (Å²) >= 11 is 0. The molecule has 0 radical (unpaired) electrons. The molecule has 0 aromatic carbocycles. The van der Waals surface area contributed by atoms with Crippen LogP contribution in [-0.4, -0.2) is 35.6 Å². The van der Waals surface area contributed by atoms with E-state index in [-0.39, 0.29) is 0 Å². The Kier molecular flexibility index (Phi) is 3.95. The molecular formula is C16H30N2. The first-order chi connectivity index (χ1) is 8.78. The lowest BCUT2D eigenvalue weighted by Crippen LogP contribution is -2.53. The molecule has 1 N–H and O–H groups in total. The molecule has 3 aliphatic rings. The van der Waals surface area contributed by atoms with Gasteiger partial charge in [0.1, 0.15) is 0 Å². The van der Waals surface area contributed by atoms with Crippen molar-refractivity contribution >= 4 is 0 Å². The highest BCUT2D eigenvalue weighted by Gasteiger charge is 2.38. The molecule has 2 heterocycles. The van der Waals surface area contributed by atoms with Gasteiger partial charge in [0, 0.05) is 24.2 Å². The van der Waals surface area contributed by atoms with Gasteiger partial charge in [-0.05, 0) is 51.0 Å². The lowest BCUT2D eigenvalue weighted by molar-refractivity contribution is 0.0504. The molecule has 0 amide bonds. The van der Waals surface area contributed by atoms with Gasteiger partial charge in [-0.15, -0.1) is 0 Å². The molecule has 2 aliphatic heterocycles. The summed E-state index contributed by atoms with van der Waals surface area (Å²) in [5, 5.41) is 3.79. The number of piperidine rings is 1. The molecule has 2 nitrogen and oxygen atoms in total. The predicted octanol–water partition coefficient (Wildman–Crippen LogP) is 3.17. The summed E-state index contributed by atoms with van der Waals surface area (Å²) in [4.78, 5) is 2.88. The van der Waals surface area contributed by atoms with Gasteiger partial charge in [0.2, 0.25) is 0 Å². The smallest absolute Gasteiger partial charge is 0.0128 e. The van der Waals surface area contributed by atoms with E-state index in [0.29, 0.717) is 0 Å². The molecule has 0 spiro atoms. The minimum absolute atomic E-state index is 0.835. The monoisotopic (exact) mass is 250 g/mol. The van der Waals surface area contributed by atoms with Crippen LogP contribution >= 0.6 is 0 Å². The molecule has 4 atom stereocenters. The first-order valence-electron chi connectivity index (χ1n) is 8.29. The summed E-state index contributed by atoms with van der Waals surface area (Å²) in [6.45, 7) is 6.13. The lowest BCUT2D eigenvalue weighted by Gasteiger charge is -2.45. The van der Waals surface area contributed by atoms with Crippen molar-refractivity contribution in [2.45, 2.75) is 89.4 Å². The largest absolute Gasteiger partial charge is 0.311 e. The maximum absolute atomic E-state index is 3.79. The lowest BCUT2D eigenvalue weighted by atomic mass is 9.83. The van der Waals surface area contributed by atoms with Crippen LogP contribution in [0.3, 0.4) is 0 Å². The van der Waals surface area contributed by atoms with Gasteiger partial charge in [0.25, 0.3) is 0 Å². The van der Waals surface area contributed by atoms with Crippen molar-refractivity contribution in [2.24, 2.45) is 5.92 Å². The van der Waals surface area contributed by atoms with Crippen molar-refractivity contribution in [3.63, 3.8) is 0 Å². The number of fused-ring (bicyclic) bond motifs is 2. The van der Waals surface area contributed by atoms with Gasteiger partial charge in [-0.1, -0.05) is 26.7 Å². The standard InChI is InChI=1S/C16H30N2/c1-3-18(16-7-5-4-6-12(16)2)15-10-13-8-9-14(11-15)17-13/h12-17H,3-11H2,1-2H3. The van der Waals surface area contributed by atoms with Crippen LogP contribution in [0.5, 0.6) is 0 Å². The minimum Gasteiger partial charge on any atom is -0.311 e. The number of hydrogen-bond donors (Lipinski definition) is 1. The first kappa shape index (κ1) is 12.9. The highest BCUT2D eigenvalue weighted by atomic mass is 15.2. The Bertz CT molecular complexity index is 266. The Hall–Kier alpha value is -0.0800. The van der Waals surface area contributed by atoms with Gasteiger partial charge < -0.3 is 5.32 Å². The summed E-state index contributed by atoms with van der Waals surface area (Å²) in [7, 11) is 0. The fraction of sp³-hybridized carbons (Fsp3) is 1.00. The average Bonchev–Trinajstić information content (AvgIpc) is 2.72. The van der Waals surface area contributed by atoms with Crippen LogP contribution in [0.15, 0.2) is 0 Å². The van der Waals surface area contributed by atoms with Crippen LogP contribution in [0, 0.1) is 5.92 Å². The second-order valence-corrected chi connectivity index (χ2v) is 6.92. The third kappa shape index (κ3) is 2.46. The Morgan fingerprint density at radius 2 is 1.67 bits per heavy atom. The van der Waals surface area contributed by atoms with Crippen molar-refractivity contribution in [3.8, 4) is 0 Å². The molecule has 0 aromatic rings. The number of nitrogens with one attached hydrogen (secondary N) is 1. The van der Waals surface area contributed by atoms with Crippen LogP contribution in [-0.2, 0) is 0 Å². The Morgan fingerprint density at radius 3 is 2.28 bits per heavy atom. The van der Waals surface area contributed by atoms with E-state index in [4.69, 9.17) is 0 Å². The van der Waals surface area contributed by atoms with Crippen LogP contribution in [0.2, 0.25) is 0 Å². The van der Waals surface area contributed by atoms with E-state index in [9.17, 15) is 0 Å². The fourth-order valence-corrected chi connectivity index (χ4v) is 4.85. The van der Waals surface area contributed by atoms with Crippen molar-refractivity contribution in [1.29, 1.82) is 0 Å². The topological polar surface area (TPSA) is 15.3 Å². The van der Waals surface area contributed by atoms with E-state index in [0.717, 1.165) is 30.1 Å². The SMILES string of the molecule is CCN(C1CC2CCC(C1)N2)C1CCCCC1C. The summed E-state index contributed by atoms with van der Waals surface area (Å²) in [6.07, 6.45) is 11.5. The second kappa shape index (κ2) is 5.50. The first-order valence-corrected chi connectivity index (χ1v) is 8.29. The van der Waals surface area contributed by atoms with E-state index in [2.05, 4.69) is 24.1 Å². The highest BCUT2D eigenvalue weighted by molar-refractivity contribution is 4.97. The summed E-state index contributed by atoms with van der Waals surface area (Å²) in [5.74, 6) is 0.922. The summed E-state index contributed by atoms with van der Waals surface area (Å²) in [5.41, 5.74) is 0. The van der Waals surface area contributed by atoms with E-state index >= 15 is 0 Å². The molecule has 3 fully saturated rings. The number of hydrogen-bond acceptors (Lipinski definition) is 2. The molecule has 4 unspecified atom stereocenters. The molecule has 2 bridgehead atoms. The van der Waals surface area contributed by atoms with E-state index < -0.39 is 0 Å². The third-order valence-electron chi connectivity index (χ3n) is 5.77. The third-order valence-corrected chi connectivity index (χ3v) is 5.77. The summed E-state index contributed by atoms with van der Waals surface area (Å²) < 4.78 is 0. The maximum Gasteiger partial charge on any atom is 0.0128 e. The maximum atomic E-state index is 3.79. The molecular weight excluding hydrogens is 220 g/mol.